The summed E-state index contributed by atoms with van der Waals surface area (Å²) in [4.78, 5) is 26.6. The van der Waals surface area contributed by atoms with Gasteiger partial charge in [-0.15, -0.1) is 0 Å². The topological polar surface area (TPSA) is 67.2 Å². The van der Waals surface area contributed by atoms with Crippen LogP contribution < -0.4 is 5.32 Å². The molecule has 0 radical (unpaired) electrons. The van der Waals surface area contributed by atoms with Crippen LogP contribution in [0.2, 0.25) is 0 Å². The van der Waals surface area contributed by atoms with Crippen LogP contribution in [0.15, 0.2) is 6.07 Å². The molecule has 6 heteroatoms. The first-order chi connectivity index (χ1) is 11.6. The van der Waals surface area contributed by atoms with E-state index in [0.29, 0.717) is 24.6 Å². The largest absolute Gasteiger partial charge is 0.346 e. The lowest BCUT2D eigenvalue weighted by molar-refractivity contribution is -0.128. The van der Waals surface area contributed by atoms with Crippen molar-refractivity contribution in [3.05, 3.63) is 17.5 Å². The van der Waals surface area contributed by atoms with Gasteiger partial charge < -0.3 is 10.2 Å². The number of nitrogens with zero attached hydrogens (tertiary/aromatic N) is 3. The first kappa shape index (κ1) is 17.0. The first-order valence-corrected chi connectivity index (χ1v) is 9.18. The van der Waals surface area contributed by atoms with E-state index < -0.39 is 0 Å². The summed E-state index contributed by atoms with van der Waals surface area (Å²) in [5, 5.41) is 7.32. The highest BCUT2D eigenvalue weighted by molar-refractivity contribution is 5.93. The van der Waals surface area contributed by atoms with E-state index >= 15 is 0 Å². The van der Waals surface area contributed by atoms with E-state index in [1.165, 1.54) is 32.1 Å². The SMILES string of the molecule is CCc1cc(C(=O)NC2CC(=O)N(CC3CCCCC3)C2)n(C)n1. The number of carbonyl (C=O) groups is 2. The highest BCUT2D eigenvalue weighted by Crippen LogP contribution is 2.26. The molecule has 1 aromatic heterocycles. The van der Waals surface area contributed by atoms with Gasteiger partial charge in [0.15, 0.2) is 0 Å². The minimum Gasteiger partial charge on any atom is -0.346 e. The molecule has 1 saturated heterocycles. The Bertz CT molecular complexity index is 604. The molecule has 2 heterocycles. The third-order valence-electron chi connectivity index (χ3n) is 5.28. The minimum atomic E-state index is -0.137. The average molecular weight is 332 g/mol. The lowest BCUT2D eigenvalue weighted by atomic mass is 9.89. The van der Waals surface area contributed by atoms with Gasteiger partial charge in [0.05, 0.1) is 11.7 Å². The lowest BCUT2D eigenvalue weighted by Gasteiger charge is -2.27. The van der Waals surface area contributed by atoms with Gasteiger partial charge in [-0.1, -0.05) is 26.2 Å². The lowest BCUT2D eigenvalue weighted by Crippen LogP contribution is -2.39. The van der Waals surface area contributed by atoms with E-state index in [9.17, 15) is 9.59 Å². The van der Waals surface area contributed by atoms with Crippen molar-refractivity contribution in [2.24, 2.45) is 13.0 Å². The third-order valence-corrected chi connectivity index (χ3v) is 5.28. The summed E-state index contributed by atoms with van der Waals surface area (Å²) in [5.74, 6) is 0.675. The van der Waals surface area contributed by atoms with Crippen molar-refractivity contribution in [3.63, 3.8) is 0 Å². The van der Waals surface area contributed by atoms with Crippen molar-refractivity contribution in [2.75, 3.05) is 13.1 Å². The summed E-state index contributed by atoms with van der Waals surface area (Å²) in [5.41, 5.74) is 1.47. The molecule has 1 unspecified atom stereocenters. The molecule has 1 atom stereocenters. The molecule has 6 nitrogen and oxygen atoms in total. The summed E-state index contributed by atoms with van der Waals surface area (Å²) in [6, 6.07) is 1.74. The summed E-state index contributed by atoms with van der Waals surface area (Å²) in [7, 11) is 1.78. The highest BCUT2D eigenvalue weighted by Gasteiger charge is 2.32. The molecular formula is C18H28N4O2. The van der Waals surface area contributed by atoms with Crippen LogP contribution in [0.25, 0.3) is 0 Å². The van der Waals surface area contributed by atoms with Crippen LogP contribution in [0, 0.1) is 5.92 Å². The Morgan fingerprint density at radius 3 is 2.75 bits per heavy atom. The van der Waals surface area contributed by atoms with Gasteiger partial charge in [0.2, 0.25) is 5.91 Å². The Kier molecular flexibility index (Phi) is 5.21. The molecule has 0 aromatic carbocycles. The van der Waals surface area contributed by atoms with Crippen LogP contribution in [-0.4, -0.2) is 45.6 Å². The van der Waals surface area contributed by atoms with E-state index in [1.807, 2.05) is 17.9 Å². The number of hydrogen-bond acceptors (Lipinski definition) is 3. The molecule has 0 spiro atoms. The van der Waals surface area contributed by atoms with E-state index in [-0.39, 0.29) is 17.9 Å². The zero-order valence-electron chi connectivity index (χ0n) is 14.8. The Balaban J connectivity index is 1.55. The van der Waals surface area contributed by atoms with E-state index in [2.05, 4.69) is 10.4 Å². The van der Waals surface area contributed by atoms with Crippen LogP contribution in [0.5, 0.6) is 0 Å². The maximum atomic E-state index is 12.5. The maximum Gasteiger partial charge on any atom is 0.269 e. The van der Waals surface area contributed by atoms with Crippen LogP contribution >= 0.6 is 0 Å². The zero-order chi connectivity index (χ0) is 17.1. The molecule has 2 aliphatic rings. The average Bonchev–Trinajstić information content (AvgIpc) is 3.11. The van der Waals surface area contributed by atoms with Gasteiger partial charge in [-0.2, -0.15) is 5.10 Å². The summed E-state index contributed by atoms with van der Waals surface area (Å²) in [6.07, 6.45) is 7.58. The van der Waals surface area contributed by atoms with Crippen molar-refractivity contribution in [3.8, 4) is 0 Å². The second-order valence-electron chi connectivity index (χ2n) is 7.18. The molecular weight excluding hydrogens is 304 g/mol. The van der Waals surface area contributed by atoms with Crippen LogP contribution in [-0.2, 0) is 18.3 Å². The molecule has 1 aromatic rings. The van der Waals surface area contributed by atoms with Gasteiger partial charge in [-0.25, -0.2) is 0 Å². The molecule has 1 N–H and O–H groups in total. The molecule has 1 aliphatic heterocycles. The van der Waals surface area contributed by atoms with Crippen molar-refractivity contribution in [1.29, 1.82) is 0 Å². The zero-order valence-corrected chi connectivity index (χ0v) is 14.8. The summed E-state index contributed by atoms with van der Waals surface area (Å²) < 4.78 is 1.62. The highest BCUT2D eigenvalue weighted by atomic mass is 16.2. The second-order valence-corrected chi connectivity index (χ2v) is 7.18. The number of amides is 2. The molecule has 1 saturated carbocycles. The number of hydrogen-bond donors (Lipinski definition) is 1. The first-order valence-electron chi connectivity index (χ1n) is 9.18. The molecule has 0 bridgehead atoms. The summed E-state index contributed by atoms with van der Waals surface area (Å²) >= 11 is 0. The van der Waals surface area contributed by atoms with E-state index in [4.69, 9.17) is 0 Å². The fourth-order valence-corrected chi connectivity index (χ4v) is 3.90. The number of rotatable bonds is 5. The number of nitrogens with one attached hydrogen (secondary N) is 1. The second kappa shape index (κ2) is 7.36. The summed E-state index contributed by atoms with van der Waals surface area (Å²) in [6.45, 7) is 3.51. The minimum absolute atomic E-state index is 0.0893. The van der Waals surface area contributed by atoms with Crippen LogP contribution in [0.4, 0.5) is 0 Å². The van der Waals surface area contributed by atoms with Crippen molar-refractivity contribution < 1.29 is 9.59 Å². The molecule has 132 valence electrons. The standard InChI is InChI=1S/C18H28N4O2/c1-3-14-9-16(21(2)20-14)18(24)19-15-10-17(23)22(12-15)11-13-7-5-4-6-8-13/h9,13,15H,3-8,10-12H2,1-2H3,(H,19,24). The number of likely N-dealkylation sites (tertiary alicyclic amines) is 1. The van der Waals surface area contributed by atoms with E-state index in [0.717, 1.165) is 18.7 Å². The van der Waals surface area contributed by atoms with Crippen molar-refractivity contribution in [2.45, 2.75) is 57.9 Å². The molecule has 1 aliphatic carbocycles. The molecule has 2 amide bonds. The monoisotopic (exact) mass is 332 g/mol. The van der Waals surface area contributed by atoms with Gasteiger partial charge in [-0.05, 0) is 31.2 Å². The molecule has 24 heavy (non-hydrogen) atoms. The number of aromatic nitrogens is 2. The quantitative estimate of drug-likeness (QED) is 0.895. The third kappa shape index (κ3) is 3.79. The van der Waals surface area contributed by atoms with Gasteiger partial charge in [0, 0.05) is 26.6 Å². The predicted molar refractivity (Wildman–Crippen MR) is 91.6 cm³/mol. The number of carbonyl (C=O) groups excluding carboxylic acids is 2. The fourth-order valence-electron chi connectivity index (χ4n) is 3.90. The number of aryl methyl sites for hydroxylation is 2. The fraction of sp³-hybridized carbons (Fsp3) is 0.722. The van der Waals surface area contributed by atoms with Crippen LogP contribution in [0.1, 0.15) is 61.6 Å². The Hall–Kier alpha value is -1.85. The van der Waals surface area contributed by atoms with Gasteiger partial charge in [0.25, 0.3) is 5.91 Å². The maximum absolute atomic E-state index is 12.5. The molecule has 2 fully saturated rings. The van der Waals surface area contributed by atoms with Gasteiger partial charge in [-0.3, -0.25) is 14.3 Å². The Morgan fingerprint density at radius 2 is 2.08 bits per heavy atom. The Labute approximate surface area is 143 Å². The van der Waals surface area contributed by atoms with Crippen molar-refractivity contribution in [1.82, 2.24) is 20.0 Å². The van der Waals surface area contributed by atoms with Crippen LogP contribution in [0.3, 0.4) is 0 Å². The smallest absolute Gasteiger partial charge is 0.269 e. The predicted octanol–water partition coefficient (Wildman–Crippen LogP) is 1.89. The van der Waals surface area contributed by atoms with E-state index in [1.54, 1.807) is 11.7 Å². The normalized spacial score (nSPS) is 22.2. The Morgan fingerprint density at radius 1 is 1.33 bits per heavy atom. The van der Waals surface area contributed by atoms with Gasteiger partial charge in [0.1, 0.15) is 5.69 Å². The van der Waals surface area contributed by atoms with Crippen molar-refractivity contribution >= 4 is 11.8 Å². The van der Waals surface area contributed by atoms with Gasteiger partial charge >= 0.3 is 0 Å². The molecule has 3 rings (SSSR count).